The van der Waals surface area contributed by atoms with Crippen LogP contribution >= 0.6 is 0 Å². The van der Waals surface area contributed by atoms with E-state index in [4.69, 9.17) is 4.42 Å². The minimum atomic E-state index is -3.59. The minimum Gasteiger partial charge on any atom is -0.466 e. The van der Waals surface area contributed by atoms with Crippen LogP contribution < -0.4 is 5.32 Å². The number of amides is 1. The van der Waals surface area contributed by atoms with Crippen LogP contribution in [0, 0.1) is 6.92 Å². The van der Waals surface area contributed by atoms with Gasteiger partial charge in [-0.1, -0.05) is 19.9 Å². The fourth-order valence-electron chi connectivity index (χ4n) is 2.92. The van der Waals surface area contributed by atoms with E-state index in [9.17, 15) is 18.0 Å². The van der Waals surface area contributed by atoms with Crippen molar-refractivity contribution in [1.29, 1.82) is 0 Å². The lowest BCUT2D eigenvalue weighted by atomic mass is 10.1. The number of rotatable bonds is 9. The molecule has 1 aromatic carbocycles. The molecular formula is C20H26N2O5S. The molecule has 7 nitrogen and oxygen atoms in total. The van der Waals surface area contributed by atoms with Crippen molar-refractivity contribution in [2.75, 3.05) is 18.4 Å². The van der Waals surface area contributed by atoms with E-state index in [1.165, 1.54) is 23.4 Å². The van der Waals surface area contributed by atoms with E-state index in [2.05, 4.69) is 5.32 Å². The number of furan rings is 1. The van der Waals surface area contributed by atoms with Crippen LogP contribution in [0.4, 0.5) is 5.69 Å². The quantitative estimate of drug-likeness (QED) is 0.644. The molecule has 0 bridgehead atoms. The molecule has 0 unspecified atom stereocenters. The second kappa shape index (κ2) is 9.16. The lowest BCUT2D eigenvalue weighted by Gasteiger charge is -2.18. The highest BCUT2D eigenvalue weighted by atomic mass is 32.2. The fraction of sp³-hybridized carbons (Fsp3) is 0.400. The number of nitrogens with one attached hydrogen (secondary N) is 1. The van der Waals surface area contributed by atoms with Gasteiger partial charge in [-0.3, -0.25) is 9.59 Å². The summed E-state index contributed by atoms with van der Waals surface area (Å²) in [6.45, 7) is 7.48. The zero-order valence-electron chi connectivity index (χ0n) is 16.6. The third-order valence-electron chi connectivity index (χ3n) is 4.41. The summed E-state index contributed by atoms with van der Waals surface area (Å²) in [5.41, 5.74) is 0.933. The minimum absolute atomic E-state index is 0.0804. The molecule has 152 valence electrons. The van der Waals surface area contributed by atoms with Crippen LogP contribution in [0.5, 0.6) is 0 Å². The topological polar surface area (TPSA) is 96.7 Å². The molecule has 2 aromatic rings. The van der Waals surface area contributed by atoms with Crippen LogP contribution in [0.15, 0.2) is 39.6 Å². The van der Waals surface area contributed by atoms with Crippen LogP contribution in [0.1, 0.15) is 49.1 Å². The Balaban J connectivity index is 2.05. The van der Waals surface area contributed by atoms with Crippen LogP contribution in [0.3, 0.4) is 0 Å². The molecule has 1 amide bonds. The molecule has 0 aliphatic heterocycles. The number of benzene rings is 1. The maximum atomic E-state index is 12.6. The molecule has 2 rings (SSSR count). The average molecular weight is 407 g/mol. The number of carbonyl (C=O) groups is 2. The van der Waals surface area contributed by atoms with Gasteiger partial charge in [-0.25, -0.2) is 8.42 Å². The molecule has 1 N–H and O–H groups in total. The number of sulfonamides is 1. The predicted octanol–water partition coefficient (Wildman–Crippen LogP) is 3.39. The lowest BCUT2D eigenvalue weighted by Crippen LogP contribution is -2.30. The summed E-state index contributed by atoms with van der Waals surface area (Å²) in [6, 6.07) is 7.86. The molecule has 0 atom stereocenters. The molecule has 0 saturated heterocycles. The van der Waals surface area contributed by atoms with E-state index in [0.717, 1.165) is 0 Å². The number of carbonyl (C=O) groups excluding carboxylic acids is 2. The number of aryl methyl sites for hydroxylation is 2. The van der Waals surface area contributed by atoms with Gasteiger partial charge >= 0.3 is 0 Å². The molecule has 1 aromatic heterocycles. The van der Waals surface area contributed by atoms with Crippen LogP contribution in [0.25, 0.3) is 0 Å². The van der Waals surface area contributed by atoms with Gasteiger partial charge in [0.15, 0.2) is 5.78 Å². The van der Waals surface area contributed by atoms with Gasteiger partial charge in [0, 0.05) is 31.6 Å². The number of anilines is 1. The van der Waals surface area contributed by atoms with Crippen LogP contribution in [-0.4, -0.2) is 37.5 Å². The molecule has 0 fully saturated rings. The first-order chi connectivity index (χ1) is 13.2. The first-order valence-electron chi connectivity index (χ1n) is 9.19. The second-order valence-corrected chi connectivity index (χ2v) is 8.34. The summed E-state index contributed by atoms with van der Waals surface area (Å²) in [4.78, 5) is 23.9. The highest BCUT2D eigenvalue weighted by molar-refractivity contribution is 7.89. The van der Waals surface area contributed by atoms with Gasteiger partial charge in [0.05, 0.1) is 10.5 Å². The van der Waals surface area contributed by atoms with Gasteiger partial charge in [-0.15, -0.1) is 0 Å². The lowest BCUT2D eigenvalue weighted by molar-refractivity contribution is -0.116. The number of Topliss-reactive ketones (excluding diaryl/α,β-unsaturated/α-hetero) is 1. The average Bonchev–Trinajstić information content (AvgIpc) is 3.02. The normalized spacial score (nSPS) is 11.6. The zero-order valence-corrected chi connectivity index (χ0v) is 17.4. The van der Waals surface area contributed by atoms with Crippen molar-refractivity contribution in [2.45, 2.75) is 45.4 Å². The monoisotopic (exact) mass is 406 g/mol. The van der Waals surface area contributed by atoms with Crippen molar-refractivity contribution < 1.29 is 22.4 Å². The van der Waals surface area contributed by atoms with Gasteiger partial charge in [-0.05, 0) is 38.1 Å². The molecule has 0 aliphatic rings. The fourth-order valence-corrected chi connectivity index (χ4v) is 4.43. The predicted molar refractivity (Wildman–Crippen MR) is 107 cm³/mol. The largest absolute Gasteiger partial charge is 0.466 e. The number of nitrogens with zero attached hydrogens (tertiary/aromatic N) is 1. The Kier molecular flexibility index (Phi) is 7.15. The highest BCUT2D eigenvalue weighted by Gasteiger charge is 2.22. The second-order valence-electron chi connectivity index (χ2n) is 6.40. The Labute approximate surface area is 165 Å². The first-order valence-corrected chi connectivity index (χ1v) is 10.6. The van der Waals surface area contributed by atoms with Crippen molar-refractivity contribution in [3.05, 3.63) is 47.4 Å². The summed E-state index contributed by atoms with van der Waals surface area (Å²) in [6.07, 6.45) is 0.495. The summed E-state index contributed by atoms with van der Waals surface area (Å²) in [5, 5.41) is 2.71. The smallest absolute Gasteiger partial charge is 0.243 e. The third-order valence-corrected chi connectivity index (χ3v) is 6.45. The first kappa shape index (κ1) is 21.8. The SMILES string of the molecule is CCN(CC)S(=O)(=O)c1cccc(NC(=O)CCc2cc(C(C)=O)c(C)o2)c1. The van der Waals surface area contributed by atoms with Crippen molar-refractivity contribution in [3.8, 4) is 0 Å². The number of hydrogen-bond acceptors (Lipinski definition) is 5. The van der Waals surface area contributed by atoms with Gasteiger partial charge in [0.25, 0.3) is 0 Å². The van der Waals surface area contributed by atoms with E-state index >= 15 is 0 Å². The van der Waals surface area contributed by atoms with Crippen molar-refractivity contribution in [3.63, 3.8) is 0 Å². The van der Waals surface area contributed by atoms with Gasteiger partial charge in [-0.2, -0.15) is 4.31 Å². The molecule has 1 heterocycles. The standard InChI is InChI=1S/C20H26N2O5S/c1-5-22(6-2)28(25,26)18-9-7-8-16(12-18)21-20(24)11-10-17-13-19(14(3)23)15(4)27-17/h7-9,12-13H,5-6,10-11H2,1-4H3,(H,21,24). The van der Waals surface area contributed by atoms with Crippen LogP contribution in [-0.2, 0) is 21.2 Å². The summed E-state index contributed by atoms with van der Waals surface area (Å²) >= 11 is 0. The van der Waals surface area contributed by atoms with Crippen molar-refractivity contribution in [1.82, 2.24) is 4.31 Å². The van der Waals surface area contributed by atoms with Crippen LogP contribution in [0.2, 0.25) is 0 Å². The molecule has 28 heavy (non-hydrogen) atoms. The van der Waals surface area contributed by atoms with Gasteiger partial charge in [0.1, 0.15) is 11.5 Å². The maximum absolute atomic E-state index is 12.6. The van der Waals surface area contributed by atoms with E-state index in [1.807, 2.05) is 0 Å². The molecule has 0 radical (unpaired) electrons. The summed E-state index contributed by atoms with van der Waals surface area (Å²) in [5.74, 6) is 0.756. The summed E-state index contributed by atoms with van der Waals surface area (Å²) in [7, 11) is -3.59. The highest BCUT2D eigenvalue weighted by Crippen LogP contribution is 2.20. The van der Waals surface area contributed by atoms with Crippen molar-refractivity contribution in [2.24, 2.45) is 0 Å². The van der Waals surface area contributed by atoms with E-state index in [1.54, 1.807) is 39.0 Å². The Morgan fingerprint density at radius 1 is 1.14 bits per heavy atom. The Morgan fingerprint density at radius 3 is 2.39 bits per heavy atom. The van der Waals surface area contributed by atoms with E-state index < -0.39 is 10.0 Å². The van der Waals surface area contributed by atoms with Gasteiger partial charge < -0.3 is 9.73 Å². The Bertz CT molecular complexity index is 959. The van der Waals surface area contributed by atoms with Crippen molar-refractivity contribution >= 4 is 27.4 Å². The van der Waals surface area contributed by atoms with Gasteiger partial charge in [0.2, 0.25) is 15.9 Å². The number of hydrogen-bond donors (Lipinski definition) is 1. The third kappa shape index (κ3) is 5.08. The molecule has 0 spiro atoms. The van der Waals surface area contributed by atoms with E-state index in [0.29, 0.717) is 42.3 Å². The maximum Gasteiger partial charge on any atom is 0.243 e. The molecule has 0 aliphatic carbocycles. The van der Waals surface area contributed by atoms with E-state index in [-0.39, 0.29) is 23.0 Å². The molecule has 8 heteroatoms. The zero-order chi connectivity index (χ0) is 20.9. The summed E-state index contributed by atoms with van der Waals surface area (Å²) < 4.78 is 32.1. The molecule has 0 saturated carbocycles. The number of ketones is 1. The molecular weight excluding hydrogens is 380 g/mol. The Hall–Kier alpha value is -2.45. The Morgan fingerprint density at radius 2 is 1.82 bits per heavy atom.